The Bertz CT molecular complexity index is 968. The highest BCUT2D eigenvalue weighted by Gasteiger charge is 2.08. The molecule has 0 aliphatic rings. The van der Waals surface area contributed by atoms with Gasteiger partial charge in [-0.3, -0.25) is 4.79 Å². The molecule has 4 rings (SSSR count). The summed E-state index contributed by atoms with van der Waals surface area (Å²) >= 11 is 0. The SMILES string of the molecule is O=C(NCc1cc2ccccc2o1)c1ccc(-c2ccccc2)cc1. The fraction of sp³-hybridized carbons (Fsp3) is 0.0455. The molecular weight excluding hydrogens is 310 g/mol. The molecular formula is C22H17NO2. The van der Waals surface area contributed by atoms with E-state index >= 15 is 0 Å². The number of amides is 1. The number of benzene rings is 3. The molecule has 0 atom stereocenters. The smallest absolute Gasteiger partial charge is 0.251 e. The number of nitrogens with one attached hydrogen (secondary N) is 1. The van der Waals surface area contributed by atoms with Gasteiger partial charge in [-0.05, 0) is 35.4 Å². The Morgan fingerprint density at radius 3 is 2.24 bits per heavy atom. The Labute approximate surface area is 145 Å². The summed E-state index contributed by atoms with van der Waals surface area (Å²) in [4.78, 5) is 12.3. The second-order valence-electron chi connectivity index (χ2n) is 5.88. The van der Waals surface area contributed by atoms with Crippen LogP contribution in [0.5, 0.6) is 0 Å². The van der Waals surface area contributed by atoms with Crippen LogP contribution in [0.25, 0.3) is 22.1 Å². The van der Waals surface area contributed by atoms with E-state index in [-0.39, 0.29) is 5.91 Å². The van der Waals surface area contributed by atoms with E-state index < -0.39 is 0 Å². The fourth-order valence-electron chi connectivity index (χ4n) is 2.84. The zero-order valence-corrected chi connectivity index (χ0v) is 13.6. The predicted octanol–water partition coefficient (Wildman–Crippen LogP) is 5.03. The molecule has 0 saturated carbocycles. The third-order valence-corrected chi connectivity index (χ3v) is 4.15. The van der Waals surface area contributed by atoms with Crippen molar-refractivity contribution in [1.29, 1.82) is 0 Å². The van der Waals surface area contributed by atoms with E-state index in [2.05, 4.69) is 17.4 Å². The van der Waals surface area contributed by atoms with Gasteiger partial charge in [0.2, 0.25) is 0 Å². The van der Waals surface area contributed by atoms with Crippen LogP contribution in [0, 0.1) is 0 Å². The van der Waals surface area contributed by atoms with Crippen molar-refractivity contribution < 1.29 is 9.21 Å². The summed E-state index contributed by atoms with van der Waals surface area (Å²) in [5.41, 5.74) is 3.70. The standard InChI is InChI=1S/C22H17NO2/c24-22(23-15-20-14-19-8-4-5-9-21(19)25-20)18-12-10-17(11-13-18)16-6-2-1-3-7-16/h1-14H,15H2,(H,23,24). The molecule has 0 saturated heterocycles. The molecule has 3 aromatic carbocycles. The third kappa shape index (κ3) is 3.31. The van der Waals surface area contributed by atoms with Crippen LogP contribution in [0.1, 0.15) is 16.1 Å². The van der Waals surface area contributed by atoms with Crippen LogP contribution in [0.2, 0.25) is 0 Å². The molecule has 1 N–H and O–H groups in total. The van der Waals surface area contributed by atoms with E-state index in [1.54, 1.807) is 0 Å². The van der Waals surface area contributed by atoms with Gasteiger partial charge in [0.15, 0.2) is 0 Å². The molecule has 0 spiro atoms. The van der Waals surface area contributed by atoms with Gasteiger partial charge in [0, 0.05) is 10.9 Å². The number of carbonyl (C=O) groups is 1. The Morgan fingerprint density at radius 2 is 1.48 bits per heavy atom. The molecule has 1 amide bonds. The molecule has 0 unspecified atom stereocenters. The number of fused-ring (bicyclic) bond motifs is 1. The number of furan rings is 1. The molecule has 0 aliphatic heterocycles. The first-order valence-corrected chi connectivity index (χ1v) is 8.21. The Balaban J connectivity index is 1.44. The number of carbonyl (C=O) groups excluding carboxylic acids is 1. The van der Waals surface area contributed by atoms with Crippen molar-refractivity contribution in [3.8, 4) is 11.1 Å². The quantitative estimate of drug-likeness (QED) is 0.571. The maximum Gasteiger partial charge on any atom is 0.251 e. The van der Waals surface area contributed by atoms with Crippen molar-refractivity contribution in [3.63, 3.8) is 0 Å². The topological polar surface area (TPSA) is 42.2 Å². The Hall–Kier alpha value is -3.33. The molecule has 0 radical (unpaired) electrons. The molecule has 0 bridgehead atoms. The van der Waals surface area contributed by atoms with Crippen molar-refractivity contribution in [3.05, 3.63) is 96.3 Å². The summed E-state index contributed by atoms with van der Waals surface area (Å²) in [6.45, 7) is 0.369. The van der Waals surface area contributed by atoms with Crippen LogP contribution in [-0.4, -0.2) is 5.91 Å². The van der Waals surface area contributed by atoms with E-state index in [0.29, 0.717) is 12.1 Å². The molecule has 3 heteroatoms. The van der Waals surface area contributed by atoms with Gasteiger partial charge in [0.25, 0.3) is 5.91 Å². The molecule has 3 nitrogen and oxygen atoms in total. The van der Waals surface area contributed by atoms with Gasteiger partial charge in [0.1, 0.15) is 11.3 Å². The van der Waals surface area contributed by atoms with Gasteiger partial charge >= 0.3 is 0 Å². The van der Waals surface area contributed by atoms with Gasteiger partial charge in [-0.15, -0.1) is 0 Å². The second-order valence-corrected chi connectivity index (χ2v) is 5.88. The fourth-order valence-corrected chi connectivity index (χ4v) is 2.84. The summed E-state index contributed by atoms with van der Waals surface area (Å²) < 4.78 is 5.72. The Kier molecular flexibility index (Phi) is 4.05. The van der Waals surface area contributed by atoms with Crippen LogP contribution in [-0.2, 0) is 6.54 Å². The zero-order chi connectivity index (χ0) is 17.1. The van der Waals surface area contributed by atoms with Crippen molar-refractivity contribution >= 4 is 16.9 Å². The lowest BCUT2D eigenvalue weighted by Crippen LogP contribution is -2.22. The highest BCUT2D eigenvalue weighted by Crippen LogP contribution is 2.20. The number of para-hydroxylation sites is 1. The lowest BCUT2D eigenvalue weighted by molar-refractivity contribution is 0.0948. The van der Waals surface area contributed by atoms with E-state index in [0.717, 1.165) is 27.9 Å². The summed E-state index contributed by atoms with van der Waals surface area (Å²) in [5.74, 6) is 0.635. The van der Waals surface area contributed by atoms with Crippen molar-refractivity contribution in [2.24, 2.45) is 0 Å². The maximum absolute atomic E-state index is 12.3. The molecule has 4 aromatic rings. The number of hydrogen-bond donors (Lipinski definition) is 1. The predicted molar refractivity (Wildman–Crippen MR) is 99.3 cm³/mol. The maximum atomic E-state index is 12.3. The lowest BCUT2D eigenvalue weighted by Gasteiger charge is -2.05. The summed E-state index contributed by atoms with van der Waals surface area (Å²) in [7, 11) is 0. The summed E-state index contributed by atoms with van der Waals surface area (Å²) in [5, 5.41) is 3.94. The first-order chi connectivity index (χ1) is 12.3. The van der Waals surface area contributed by atoms with Crippen molar-refractivity contribution in [2.75, 3.05) is 0 Å². The third-order valence-electron chi connectivity index (χ3n) is 4.15. The van der Waals surface area contributed by atoms with E-state index in [1.165, 1.54) is 0 Å². The zero-order valence-electron chi connectivity index (χ0n) is 13.6. The first-order valence-electron chi connectivity index (χ1n) is 8.21. The van der Waals surface area contributed by atoms with E-state index in [4.69, 9.17) is 4.42 Å². The molecule has 25 heavy (non-hydrogen) atoms. The van der Waals surface area contributed by atoms with Crippen LogP contribution in [0.15, 0.2) is 89.3 Å². The molecule has 1 heterocycles. The average molecular weight is 327 g/mol. The number of rotatable bonds is 4. The monoisotopic (exact) mass is 327 g/mol. The van der Waals surface area contributed by atoms with E-state index in [9.17, 15) is 4.79 Å². The van der Waals surface area contributed by atoms with Gasteiger partial charge in [0.05, 0.1) is 6.54 Å². The molecule has 122 valence electrons. The molecule has 1 aromatic heterocycles. The summed E-state index contributed by atoms with van der Waals surface area (Å²) in [6.07, 6.45) is 0. The van der Waals surface area contributed by atoms with Crippen LogP contribution in [0.3, 0.4) is 0 Å². The first kappa shape index (κ1) is 15.2. The number of hydrogen-bond acceptors (Lipinski definition) is 2. The van der Waals surface area contributed by atoms with Gasteiger partial charge in [-0.25, -0.2) is 0 Å². The van der Waals surface area contributed by atoms with E-state index in [1.807, 2.05) is 72.8 Å². The summed E-state index contributed by atoms with van der Waals surface area (Å²) in [6, 6.07) is 27.5. The van der Waals surface area contributed by atoms with Crippen LogP contribution < -0.4 is 5.32 Å². The van der Waals surface area contributed by atoms with Crippen molar-refractivity contribution in [1.82, 2.24) is 5.32 Å². The highest BCUT2D eigenvalue weighted by molar-refractivity contribution is 5.94. The molecule has 0 fully saturated rings. The second kappa shape index (κ2) is 6.65. The minimum Gasteiger partial charge on any atom is -0.459 e. The Morgan fingerprint density at radius 1 is 0.800 bits per heavy atom. The molecule has 0 aliphatic carbocycles. The van der Waals surface area contributed by atoms with Gasteiger partial charge < -0.3 is 9.73 Å². The van der Waals surface area contributed by atoms with Crippen LogP contribution >= 0.6 is 0 Å². The normalized spacial score (nSPS) is 10.7. The minimum absolute atomic E-state index is 0.111. The largest absolute Gasteiger partial charge is 0.459 e. The van der Waals surface area contributed by atoms with Crippen molar-refractivity contribution in [2.45, 2.75) is 6.54 Å². The highest BCUT2D eigenvalue weighted by atomic mass is 16.3. The average Bonchev–Trinajstić information content (AvgIpc) is 3.10. The van der Waals surface area contributed by atoms with Gasteiger partial charge in [-0.2, -0.15) is 0 Å². The minimum atomic E-state index is -0.111. The lowest BCUT2D eigenvalue weighted by atomic mass is 10.0. The van der Waals surface area contributed by atoms with Crippen LogP contribution in [0.4, 0.5) is 0 Å². The van der Waals surface area contributed by atoms with Gasteiger partial charge in [-0.1, -0.05) is 60.7 Å².